The van der Waals surface area contributed by atoms with Crippen molar-refractivity contribution in [1.29, 1.82) is 0 Å². The molecule has 8 heteroatoms. The maximum absolute atomic E-state index is 10.9. The van der Waals surface area contributed by atoms with E-state index in [4.69, 9.17) is 21.4 Å². The van der Waals surface area contributed by atoms with Crippen molar-refractivity contribution in [2.75, 3.05) is 18.0 Å². The highest BCUT2D eigenvalue weighted by molar-refractivity contribution is 7.50. The van der Waals surface area contributed by atoms with E-state index < -0.39 is 13.8 Å². The van der Waals surface area contributed by atoms with Crippen LogP contribution < -0.4 is 4.90 Å². The average Bonchev–Trinajstić information content (AvgIpc) is 2.65. The van der Waals surface area contributed by atoms with Crippen molar-refractivity contribution in [2.45, 2.75) is 19.0 Å². The second-order valence-electron chi connectivity index (χ2n) is 3.98. The highest BCUT2D eigenvalue weighted by atomic mass is 35.5. The summed E-state index contributed by atoms with van der Waals surface area (Å²) in [6, 6.07) is 1.62. The van der Waals surface area contributed by atoms with Gasteiger partial charge in [-0.1, -0.05) is 11.6 Å². The van der Waals surface area contributed by atoms with Gasteiger partial charge in [0.1, 0.15) is 23.0 Å². The van der Waals surface area contributed by atoms with E-state index in [0.29, 0.717) is 5.82 Å². The molecule has 94 valence electrons. The van der Waals surface area contributed by atoms with Crippen LogP contribution in [0.4, 0.5) is 5.82 Å². The van der Waals surface area contributed by atoms with Gasteiger partial charge in [-0.15, -0.1) is 0 Å². The van der Waals surface area contributed by atoms with Crippen LogP contribution in [0.25, 0.3) is 0 Å². The highest BCUT2D eigenvalue weighted by Crippen LogP contribution is 2.38. The van der Waals surface area contributed by atoms with E-state index in [1.54, 1.807) is 6.07 Å². The van der Waals surface area contributed by atoms with Crippen molar-refractivity contribution >= 4 is 25.0 Å². The molecule has 6 nitrogen and oxygen atoms in total. The Morgan fingerprint density at radius 2 is 2.00 bits per heavy atom. The second-order valence-corrected chi connectivity index (χ2v) is 6.01. The minimum absolute atomic E-state index is 0.0905. The largest absolute Gasteiger partial charge is 0.356 e. The number of hydrogen-bond acceptors (Lipinski definition) is 4. The van der Waals surface area contributed by atoms with E-state index in [9.17, 15) is 4.57 Å². The van der Waals surface area contributed by atoms with Crippen LogP contribution in [0.5, 0.6) is 0 Å². The zero-order chi connectivity index (χ0) is 12.5. The maximum atomic E-state index is 10.9. The monoisotopic (exact) mass is 277 g/mol. The van der Waals surface area contributed by atoms with Crippen LogP contribution in [0.1, 0.15) is 18.7 Å². The Hall–Kier alpha value is -0.680. The minimum atomic E-state index is -4.16. The molecule has 0 unspecified atom stereocenters. The van der Waals surface area contributed by atoms with Gasteiger partial charge in [-0.2, -0.15) is 0 Å². The lowest BCUT2D eigenvalue weighted by Crippen LogP contribution is -2.19. The first-order valence-corrected chi connectivity index (χ1v) is 7.44. The SMILES string of the molecule is O=P(O)(O)Cc1nc(Cl)cc(N2CCCC2)n1. The minimum Gasteiger partial charge on any atom is -0.356 e. The predicted molar refractivity (Wildman–Crippen MR) is 64.2 cm³/mol. The van der Waals surface area contributed by atoms with Crippen molar-refractivity contribution < 1.29 is 14.4 Å². The molecule has 0 amide bonds. The van der Waals surface area contributed by atoms with Crippen molar-refractivity contribution in [2.24, 2.45) is 0 Å². The van der Waals surface area contributed by atoms with Crippen LogP contribution in [0.15, 0.2) is 6.07 Å². The Morgan fingerprint density at radius 3 is 2.59 bits per heavy atom. The Bertz CT molecular complexity index is 459. The fourth-order valence-electron chi connectivity index (χ4n) is 1.81. The zero-order valence-electron chi connectivity index (χ0n) is 9.08. The summed E-state index contributed by atoms with van der Waals surface area (Å²) in [5.41, 5.74) is 0. The zero-order valence-corrected chi connectivity index (χ0v) is 10.7. The third-order valence-electron chi connectivity index (χ3n) is 2.51. The molecule has 0 atom stereocenters. The van der Waals surface area contributed by atoms with Gasteiger partial charge in [0.2, 0.25) is 0 Å². The number of hydrogen-bond donors (Lipinski definition) is 2. The molecule has 1 aliphatic rings. The van der Waals surface area contributed by atoms with E-state index in [1.807, 2.05) is 4.90 Å². The van der Waals surface area contributed by atoms with Gasteiger partial charge in [-0.05, 0) is 12.8 Å². The molecule has 0 radical (unpaired) electrons. The summed E-state index contributed by atoms with van der Waals surface area (Å²) in [4.78, 5) is 27.8. The third kappa shape index (κ3) is 3.64. The molecule has 1 aromatic heterocycles. The van der Waals surface area contributed by atoms with Gasteiger partial charge in [-0.25, -0.2) is 9.97 Å². The maximum Gasteiger partial charge on any atom is 0.333 e. The summed E-state index contributed by atoms with van der Waals surface area (Å²) in [6.45, 7) is 1.78. The number of rotatable bonds is 3. The fourth-order valence-corrected chi connectivity index (χ4v) is 2.52. The predicted octanol–water partition coefficient (Wildman–Crippen LogP) is 1.41. The average molecular weight is 278 g/mol. The highest BCUT2D eigenvalue weighted by Gasteiger charge is 2.20. The quantitative estimate of drug-likeness (QED) is 0.642. The van der Waals surface area contributed by atoms with E-state index in [2.05, 4.69) is 9.97 Å². The van der Waals surface area contributed by atoms with Gasteiger partial charge in [-0.3, -0.25) is 4.57 Å². The smallest absolute Gasteiger partial charge is 0.333 e. The lowest BCUT2D eigenvalue weighted by molar-refractivity contribution is 0.370. The molecule has 1 fully saturated rings. The molecular weight excluding hydrogens is 265 g/mol. The van der Waals surface area contributed by atoms with Crippen molar-refractivity contribution in [3.8, 4) is 0 Å². The van der Waals surface area contributed by atoms with Gasteiger partial charge in [0.05, 0.1) is 0 Å². The van der Waals surface area contributed by atoms with Crippen LogP contribution >= 0.6 is 19.2 Å². The molecule has 17 heavy (non-hydrogen) atoms. The Kier molecular flexibility index (Phi) is 3.68. The van der Waals surface area contributed by atoms with Crippen LogP contribution in [0.3, 0.4) is 0 Å². The van der Waals surface area contributed by atoms with Crippen molar-refractivity contribution in [3.05, 3.63) is 17.0 Å². The summed E-state index contributed by atoms with van der Waals surface area (Å²) < 4.78 is 10.9. The van der Waals surface area contributed by atoms with Crippen LogP contribution in [0, 0.1) is 0 Å². The summed E-state index contributed by atoms with van der Waals surface area (Å²) in [5.74, 6) is 0.735. The number of nitrogens with zero attached hydrogens (tertiary/aromatic N) is 3. The molecule has 0 aromatic carbocycles. The van der Waals surface area contributed by atoms with Crippen molar-refractivity contribution in [3.63, 3.8) is 0 Å². The van der Waals surface area contributed by atoms with E-state index in [1.165, 1.54) is 0 Å². The van der Waals surface area contributed by atoms with Crippen LogP contribution in [-0.4, -0.2) is 32.8 Å². The molecule has 0 saturated carbocycles. The van der Waals surface area contributed by atoms with E-state index in [-0.39, 0.29) is 11.0 Å². The Morgan fingerprint density at radius 1 is 1.35 bits per heavy atom. The number of halogens is 1. The van der Waals surface area contributed by atoms with Gasteiger partial charge < -0.3 is 14.7 Å². The van der Waals surface area contributed by atoms with Crippen LogP contribution in [0.2, 0.25) is 5.15 Å². The van der Waals surface area contributed by atoms with Crippen LogP contribution in [-0.2, 0) is 10.7 Å². The molecule has 1 aliphatic heterocycles. The van der Waals surface area contributed by atoms with Gasteiger partial charge in [0.25, 0.3) is 0 Å². The Balaban J connectivity index is 2.25. The third-order valence-corrected chi connectivity index (χ3v) is 3.39. The first-order chi connectivity index (χ1) is 7.94. The molecule has 2 heterocycles. The second kappa shape index (κ2) is 4.90. The summed E-state index contributed by atoms with van der Waals surface area (Å²) in [7, 11) is -4.16. The molecular formula is C9H13ClN3O3P. The van der Waals surface area contributed by atoms with Crippen molar-refractivity contribution in [1.82, 2.24) is 9.97 Å². The molecule has 0 bridgehead atoms. The van der Waals surface area contributed by atoms with E-state index >= 15 is 0 Å². The van der Waals surface area contributed by atoms with Gasteiger partial charge in [0, 0.05) is 19.2 Å². The lowest BCUT2D eigenvalue weighted by atomic mass is 10.4. The molecule has 1 aromatic rings. The van der Waals surface area contributed by atoms with E-state index in [0.717, 1.165) is 25.9 Å². The van der Waals surface area contributed by atoms with Gasteiger partial charge >= 0.3 is 7.60 Å². The number of aromatic nitrogens is 2. The van der Waals surface area contributed by atoms with Gasteiger partial charge in [0.15, 0.2) is 0 Å². The molecule has 2 N–H and O–H groups in total. The summed E-state index contributed by atoms with van der Waals surface area (Å²) in [6.07, 6.45) is 1.71. The molecule has 0 spiro atoms. The molecule has 2 rings (SSSR count). The summed E-state index contributed by atoms with van der Waals surface area (Å²) >= 11 is 5.83. The number of anilines is 1. The molecule has 1 saturated heterocycles. The topological polar surface area (TPSA) is 86.5 Å². The lowest BCUT2D eigenvalue weighted by Gasteiger charge is -2.17. The standard InChI is InChI=1S/C9H13ClN3O3P/c10-7-5-9(13-3-1-2-4-13)12-8(11-7)6-17(14,15)16/h5H,1-4,6H2,(H2,14,15,16). The molecule has 0 aliphatic carbocycles. The Labute approximate surface area is 104 Å². The first-order valence-electron chi connectivity index (χ1n) is 5.27. The fraction of sp³-hybridized carbons (Fsp3) is 0.556. The summed E-state index contributed by atoms with van der Waals surface area (Å²) in [5, 5.41) is 0.213. The first kappa shape index (κ1) is 12.8. The normalized spacial score (nSPS) is 16.5.